The van der Waals surface area contributed by atoms with E-state index < -0.39 is 18.0 Å². The molecular weight excluding hydrogens is 329 g/mol. The maximum atomic E-state index is 12.0. The zero-order valence-electron chi connectivity index (χ0n) is 11.4. The smallest absolute Gasteiger partial charge is 0.340 e. The number of nitrogens with zero attached hydrogens (tertiary/aromatic N) is 2. The summed E-state index contributed by atoms with van der Waals surface area (Å²) in [5.41, 5.74) is 0.254. The van der Waals surface area contributed by atoms with Crippen LogP contribution in [0, 0.1) is 0 Å². The number of amides is 1. The van der Waals surface area contributed by atoms with Gasteiger partial charge in [0, 0.05) is 18.6 Å². The first-order valence-corrected chi connectivity index (χ1v) is 6.96. The van der Waals surface area contributed by atoms with Crippen LogP contribution in [0.5, 0.6) is 0 Å². The fourth-order valence-electron chi connectivity index (χ4n) is 1.49. The van der Waals surface area contributed by atoms with Crippen molar-refractivity contribution in [3.63, 3.8) is 0 Å². The second-order valence-electron chi connectivity index (χ2n) is 4.26. The molecule has 2 rings (SSSR count). The van der Waals surface area contributed by atoms with Gasteiger partial charge in [0.15, 0.2) is 11.9 Å². The normalized spacial score (nSPS) is 11.6. The van der Waals surface area contributed by atoms with Crippen molar-refractivity contribution in [2.24, 2.45) is 0 Å². The van der Waals surface area contributed by atoms with Gasteiger partial charge in [-0.1, -0.05) is 23.2 Å². The molecule has 0 aliphatic rings. The van der Waals surface area contributed by atoms with Crippen LogP contribution < -0.4 is 5.32 Å². The van der Waals surface area contributed by atoms with E-state index in [-0.39, 0.29) is 16.4 Å². The number of rotatable bonds is 4. The number of hydrogen-bond acceptors (Lipinski definition) is 5. The number of ether oxygens (including phenoxy) is 1. The van der Waals surface area contributed by atoms with Crippen LogP contribution in [0.25, 0.3) is 0 Å². The van der Waals surface area contributed by atoms with E-state index in [0.717, 1.165) is 0 Å². The first-order valence-electron chi connectivity index (χ1n) is 6.20. The van der Waals surface area contributed by atoms with Crippen molar-refractivity contribution in [1.82, 2.24) is 9.97 Å². The van der Waals surface area contributed by atoms with Crippen molar-refractivity contribution >= 4 is 40.9 Å². The molecule has 1 amide bonds. The molecule has 8 heteroatoms. The van der Waals surface area contributed by atoms with Crippen molar-refractivity contribution in [3.8, 4) is 0 Å². The van der Waals surface area contributed by atoms with Gasteiger partial charge in [0.05, 0.1) is 15.6 Å². The molecule has 2 aromatic heterocycles. The van der Waals surface area contributed by atoms with Gasteiger partial charge in [0.25, 0.3) is 5.91 Å². The molecule has 1 N–H and O–H groups in total. The molecule has 0 radical (unpaired) electrons. The summed E-state index contributed by atoms with van der Waals surface area (Å²) >= 11 is 11.6. The minimum Gasteiger partial charge on any atom is -0.449 e. The Morgan fingerprint density at radius 1 is 1.32 bits per heavy atom. The van der Waals surface area contributed by atoms with Crippen LogP contribution in [0.3, 0.4) is 0 Å². The van der Waals surface area contributed by atoms with Gasteiger partial charge in [-0.25, -0.2) is 9.78 Å². The predicted molar refractivity (Wildman–Crippen MR) is 82.0 cm³/mol. The lowest BCUT2D eigenvalue weighted by Crippen LogP contribution is -2.30. The van der Waals surface area contributed by atoms with E-state index in [2.05, 4.69) is 15.3 Å². The maximum Gasteiger partial charge on any atom is 0.340 e. The topological polar surface area (TPSA) is 81.2 Å². The number of nitrogens with one attached hydrogen (secondary N) is 1. The van der Waals surface area contributed by atoms with Gasteiger partial charge in [-0.2, -0.15) is 0 Å². The summed E-state index contributed by atoms with van der Waals surface area (Å²) in [5, 5.41) is 2.99. The number of anilines is 1. The van der Waals surface area contributed by atoms with Crippen molar-refractivity contribution < 1.29 is 14.3 Å². The Labute approximate surface area is 136 Å². The largest absolute Gasteiger partial charge is 0.449 e. The number of halogens is 2. The lowest BCUT2D eigenvalue weighted by Gasteiger charge is -2.13. The number of hydrogen-bond donors (Lipinski definition) is 1. The average Bonchev–Trinajstić information content (AvgIpc) is 2.50. The SMILES string of the molecule is C[C@@H](OC(=O)c1cccnc1)C(=O)Nc1ncc(Cl)cc1Cl. The average molecular weight is 340 g/mol. The number of carbonyl (C=O) groups excluding carboxylic acids is 2. The first-order chi connectivity index (χ1) is 10.5. The van der Waals surface area contributed by atoms with Gasteiger partial charge in [-0.15, -0.1) is 0 Å². The van der Waals surface area contributed by atoms with Crippen LogP contribution in [0.15, 0.2) is 36.8 Å². The molecule has 0 aliphatic carbocycles. The Balaban J connectivity index is 1.99. The highest BCUT2D eigenvalue weighted by molar-refractivity contribution is 6.36. The molecule has 114 valence electrons. The van der Waals surface area contributed by atoms with Gasteiger partial charge >= 0.3 is 5.97 Å². The van der Waals surface area contributed by atoms with E-state index in [4.69, 9.17) is 27.9 Å². The molecule has 0 bridgehead atoms. The second-order valence-corrected chi connectivity index (χ2v) is 5.11. The molecule has 22 heavy (non-hydrogen) atoms. The predicted octanol–water partition coefficient (Wildman–Crippen LogP) is 2.97. The highest BCUT2D eigenvalue weighted by Crippen LogP contribution is 2.22. The molecule has 2 heterocycles. The molecule has 0 saturated heterocycles. The summed E-state index contributed by atoms with van der Waals surface area (Å²) in [5.74, 6) is -1.07. The van der Waals surface area contributed by atoms with E-state index in [9.17, 15) is 9.59 Å². The van der Waals surface area contributed by atoms with Crippen LogP contribution in [0.4, 0.5) is 5.82 Å². The monoisotopic (exact) mass is 339 g/mol. The van der Waals surface area contributed by atoms with E-state index in [1.165, 1.54) is 37.6 Å². The zero-order valence-corrected chi connectivity index (χ0v) is 12.9. The molecular formula is C14H11Cl2N3O3. The zero-order chi connectivity index (χ0) is 16.1. The van der Waals surface area contributed by atoms with Crippen LogP contribution >= 0.6 is 23.2 Å². The lowest BCUT2D eigenvalue weighted by molar-refractivity contribution is -0.123. The van der Waals surface area contributed by atoms with Crippen molar-refractivity contribution in [3.05, 3.63) is 52.4 Å². The molecule has 1 atom stereocenters. The number of aromatic nitrogens is 2. The molecule has 0 spiro atoms. The fourth-order valence-corrected chi connectivity index (χ4v) is 1.92. The number of esters is 1. The molecule has 6 nitrogen and oxygen atoms in total. The van der Waals surface area contributed by atoms with Gasteiger partial charge in [-0.3, -0.25) is 9.78 Å². The highest BCUT2D eigenvalue weighted by Gasteiger charge is 2.20. The Bertz CT molecular complexity index is 695. The van der Waals surface area contributed by atoms with Gasteiger partial charge in [0.1, 0.15) is 0 Å². The quantitative estimate of drug-likeness (QED) is 0.866. The first kappa shape index (κ1) is 16.2. The van der Waals surface area contributed by atoms with E-state index in [1.807, 2.05) is 0 Å². The molecule has 0 fully saturated rings. The van der Waals surface area contributed by atoms with Crippen LogP contribution in [-0.4, -0.2) is 27.9 Å². The summed E-state index contributed by atoms with van der Waals surface area (Å²) in [6, 6.07) is 4.58. The summed E-state index contributed by atoms with van der Waals surface area (Å²) in [7, 11) is 0. The Morgan fingerprint density at radius 3 is 2.73 bits per heavy atom. The Morgan fingerprint density at radius 2 is 2.09 bits per heavy atom. The minimum absolute atomic E-state index is 0.139. The summed E-state index contributed by atoms with van der Waals surface area (Å²) in [6.07, 6.45) is 3.20. The van der Waals surface area contributed by atoms with Gasteiger partial charge in [0.2, 0.25) is 0 Å². The summed E-state index contributed by atoms with van der Waals surface area (Å²) < 4.78 is 5.05. The third kappa shape index (κ3) is 4.16. The minimum atomic E-state index is -1.03. The standard InChI is InChI=1S/C14H11Cl2N3O3/c1-8(22-14(21)9-3-2-4-17-6-9)13(20)19-12-11(16)5-10(15)7-18-12/h2-8H,1H3,(H,18,19,20)/t8-/m1/s1. The Hall–Kier alpha value is -2.18. The van der Waals surface area contributed by atoms with Gasteiger partial charge in [-0.05, 0) is 25.1 Å². The summed E-state index contributed by atoms with van der Waals surface area (Å²) in [6.45, 7) is 1.44. The van der Waals surface area contributed by atoms with Gasteiger partial charge < -0.3 is 10.1 Å². The molecule has 0 aliphatic heterocycles. The second kappa shape index (κ2) is 7.20. The van der Waals surface area contributed by atoms with Crippen molar-refractivity contribution in [1.29, 1.82) is 0 Å². The Kier molecular flexibility index (Phi) is 5.30. The number of carbonyl (C=O) groups is 2. The molecule has 2 aromatic rings. The third-order valence-electron chi connectivity index (χ3n) is 2.60. The van der Waals surface area contributed by atoms with Crippen molar-refractivity contribution in [2.75, 3.05) is 5.32 Å². The molecule has 0 unspecified atom stereocenters. The van der Waals surface area contributed by atoms with Crippen molar-refractivity contribution in [2.45, 2.75) is 13.0 Å². The van der Waals surface area contributed by atoms with Crippen LogP contribution in [0.1, 0.15) is 17.3 Å². The van der Waals surface area contributed by atoms with E-state index in [0.29, 0.717) is 5.02 Å². The number of pyridine rings is 2. The molecule has 0 saturated carbocycles. The fraction of sp³-hybridized carbons (Fsp3) is 0.143. The van der Waals surface area contributed by atoms with Crippen LogP contribution in [0.2, 0.25) is 10.0 Å². The molecule has 0 aromatic carbocycles. The maximum absolute atomic E-state index is 12.0. The summed E-state index contributed by atoms with van der Waals surface area (Å²) in [4.78, 5) is 31.5. The van der Waals surface area contributed by atoms with E-state index >= 15 is 0 Å². The highest BCUT2D eigenvalue weighted by atomic mass is 35.5. The van der Waals surface area contributed by atoms with E-state index in [1.54, 1.807) is 6.07 Å². The van der Waals surface area contributed by atoms with Crippen LogP contribution in [-0.2, 0) is 9.53 Å². The lowest BCUT2D eigenvalue weighted by atomic mass is 10.3. The third-order valence-corrected chi connectivity index (χ3v) is 3.09.